The Hall–Kier alpha value is -2.74. The largest absolute Gasteiger partial charge is 0.322 e. The monoisotopic (exact) mass is 266 g/mol. The number of aromatic nitrogens is 2. The summed E-state index contributed by atoms with van der Waals surface area (Å²) in [5, 5.41) is 19.6. The number of nitriles is 1. The number of amides is 1. The number of aryl methyl sites for hydroxylation is 2. The number of carbonyl (C=O) groups is 1. The first-order valence-corrected chi connectivity index (χ1v) is 6.28. The molecule has 0 aliphatic heterocycles. The van der Waals surface area contributed by atoms with Crippen LogP contribution in [0, 0.1) is 18.3 Å². The summed E-state index contributed by atoms with van der Waals surface area (Å²) >= 11 is 0. The highest BCUT2D eigenvalue weighted by Gasteiger charge is 2.13. The molecule has 1 aromatic carbocycles. The molecule has 0 fully saturated rings. The van der Waals surface area contributed by atoms with Gasteiger partial charge in [0.25, 0.3) is 5.91 Å². The van der Waals surface area contributed by atoms with Crippen molar-refractivity contribution >= 4 is 11.6 Å². The van der Waals surface area contributed by atoms with E-state index in [4.69, 9.17) is 5.26 Å². The van der Waals surface area contributed by atoms with E-state index >= 15 is 0 Å². The molecule has 0 radical (unpaired) electrons. The lowest BCUT2D eigenvalue weighted by Crippen LogP contribution is -2.16. The van der Waals surface area contributed by atoms with Crippen LogP contribution in [0.5, 0.6) is 0 Å². The molecule has 0 saturated heterocycles. The molecule has 100 valence electrons. The predicted molar refractivity (Wildman–Crippen MR) is 75.3 cm³/mol. The lowest BCUT2D eigenvalue weighted by molar-refractivity contribution is 0.102. The maximum Gasteiger partial charge on any atom is 0.257 e. The molecule has 0 bridgehead atoms. The van der Waals surface area contributed by atoms with Crippen LogP contribution in [0.3, 0.4) is 0 Å². The van der Waals surface area contributed by atoms with Crippen molar-refractivity contribution in [3.63, 3.8) is 0 Å². The normalized spacial score (nSPS) is 9.85. The molecule has 1 amide bonds. The summed E-state index contributed by atoms with van der Waals surface area (Å²) in [6, 6.07) is 10.5. The molecule has 1 N–H and O–H groups in total. The van der Waals surface area contributed by atoms with Crippen LogP contribution in [-0.4, -0.2) is 16.1 Å². The molecule has 5 heteroatoms. The minimum atomic E-state index is -0.241. The van der Waals surface area contributed by atoms with Crippen LogP contribution < -0.4 is 5.32 Å². The van der Waals surface area contributed by atoms with E-state index in [1.54, 1.807) is 37.3 Å². The first-order chi connectivity index (χ1) is 9.63. The average molecular weight is 266 g/mol. The summed E-state index contributed by atoms with van der Waals surface area (Å²) in [5.41, 5.74) is 2.96. The smallest absolute Gasteiger partial charge is 0.257 e. The van der Waals surface area contributed by atoms with Gasteiger partial charge in [-0.1, -0.05) is 13.0 Å². The Kier molecular flexibility index (Phi) is 4.06. The molecule has 2 aromatic rings. The van der Waals surface area contributed by atoms with Gasteiger partial charge in [-0.25, -0.2) is 0 Å². The van der Waals surface area contributed by atoms with Crippen LogP contribution in [-0.2, 0) is 6.42 Å². The van der Waals surface area contributed by atoms with Gasteiger partial charge in [-0.3, -0.25) is 4.79 Å². The highest BCUT2D eigenvalue weighted by atomic mass is 16.1. The second-order valence-corrected chi connectivity index (χ2v) is 4.35. The number of rotatable bonds is 3. The molecule has 1 heterocycles. The van der Waals surface area contributed by atoms with E-state index in [0.29, 0.717) is 34.6 Å². The predicted octanol–water partition coefficient (Wildman–Crippen LogP) is 2.47. The molecule has 0 atom stereocenters. The summed E-state index contributed by atoms with van der Waals surface area (Å²) in [6.07, 6.45) is 0.633. The number of anilines is 1. The second kappa shape index (κ2) is 5.93. The minimum Gasteiger partial charge on any atom is -0.322 e. The third kappa shape index (κ3) is 2.98. The zero-order valence-electron chi connectivity index (χ0n) is 11.3. The fraction of sp³-hybridized carbons (Fsp3) is 0.200. The SMILES string of the molecule is CCc1nnc(C)cc1C(=O)Nc1cccc(C#N)c1. The Morgan fingerprint density at radius 2 is 2.15 bits per heavy atom. The van der Waals surface area contributed by atoms with Crippen LogP contribution in [0.2, 0.25) is 0 Å². The van der Waals surface area contributed by atoms with E-state index in [-0.39, 0.29) is 5.91 Å². The summed E-state index contributed by atoms with van der Waals surface area (Å²) in [6.45, 7) is 3.71. The Balaban J connectivity index is 2.28. The minimum absolute atomic E-state index is 0.241. The van der Waals surface area contributed by atoms with Crippen molar-refractivity contribution < 1.29 is 4.79 Å². The molecule has 0 saturated carbocycles. The molecule has 0 unspecified atom stereocenters. The van der Waals surface area contributed by atoms with Crippen molar-refractivity contribution in [1.82, 2.24) is 10.2 Å². The van der Waals surface area contributed by atoms with Gasteiger partial charge >= 0.3 is 0 Å². The number of nitrogens with zero attached hydrogens (tertiary/aromatic N) is 3. The van der Waals surface area contributed by atoms with Crippen LogP contribution in [0.15, 0.2) is 30.3 Å². The average Bonchev–Trinajstić information content (AvgIpc) is 2.47. The molecule has 5 nitrogen and oxygen atoms in total. The van der Waals surface area contributed by atoms with E-state index < -0.39 is 0 Å². The van der Waals surface area contributed by atoms with Gasteiger partial charge in [-0.05, 0) is 37.6 Å². The standard InChI is InChI=1S/C15H14N4O/c1-3-14-13(7-10(2)18-19-14)15(20)17-12-6-4-5-11(8-12)9-16/h4-8H,3H2,1-2H3,(H,17,20). The quantitative estimate of drug-likeness (QED) is 0.925. The number of hydrogen-bond acceptors (Lipinski definition) is 4. The van der Waals surface area contributed by atoms with Crippen LogP contribution >= 0.6 is 0 Å². The lowest BCUT2D eigenvalue weighted by atomic mass is 10.1. The molecular formula is C15H14N4O. The fourth-order valence-corrected chi connectivity index (χ4v) is 1.84. The van der Waals surface area contributed by atoms with Crippen molar-refractivity contribution in [2.24, 2.45) is 0 Å². The Bertz CT molecular complexity index is 689. The van der Waals surface area contributed by atoms with Crippen LogP contribution in [0.4, 0.5) is 5.69 Å². The van der Waals surface area contributed by atoms with Gasteiger partial charge in [-0.15, -0.1) is 0 Å². The molecular weight excluding hydrogens is 252 g/mol. The number of benzene rings is 1. The summed E-state index contributed by atoms with van der Waals surface area (Å²) in [5.74, 6) is -0.241. The van der Waals surface area contributed by atoms with Crippen molar-refractivity contribution in [2.45, 2.75) is 20.3 Å². The second-order valence-electron chi connectivity index (χ2n) is 4.35. The van der Waals surface area contributed by atoms with Gasteiger partial charge in [0, 0.05) is 5.69 Å². The first-order valence-electron chi connectivity index (χ1n) is 6.28. The topological polar surface area (TPSA) is 78.7 Å². The zero-order valence-corrected chi connectivity index (χ0v) is 11.3. The molecule has 0 aliphatic carbocycles. The Morgan fingerprint density at radius 1 is 1.35 bits per heavy atom. The van der Waals surface area contributed by atoms with Crippen molar-refractivity contribution in [3.05, 3.63) is 52.8 Å². The highest BCUT2D eigenvalue weighted by molar-refractivity contribution is 6.05. The van der Waals surface area contributed by atoms with Crippen molar-refractivity contribution in [3.8, 4) is 6.07 Å². The summed E-state index contributed by atoms with van der Waals surface area (Å²) in [4.78, 5) is 12.3. The fourth-order valence-electron chi connectivity index (χ4n) is 1.84. The van der Waals surface area contributed by atoms with Crippen LogP contribution in [0.1, 0.15) is 34.2 Å². The zero-order chi connectivity index (χ0) is 14.5. The van der Waals surface area contributed by atoms with Gasteiger partial charge in [-0.2, -0.15) is 15.5 Å². The van der Waals surface area contributed by atoms with Gasteiger partial charge in [0.1, 0.15) is 0 Å². The van der Waals surface area contributed by atoms with E-state index in [1.165, 1.54) is 0 Å². The lowest BCUT2D eigenvalue weighted by Gasteiger charge is -2.08. The third-order valence-electron chi connectivity index (χ3n) is 2.82. The molecule has 2 rings (SSSR count). The van der Waals surface area contributed by atoms with Crippen molar-refractivity contribution in [2.75, 3.05) is 5.32 Å². The van der Waals surface area contributed by atoms with Crippen LogP contribution in [0.25, 0.3) is 0 Å². The Morgan fingerprint density at radius 3 is 2.85 bits per heavy atom. The maximum absolute atomic E-state index is 12.3. The Labute approximate surface area is 117 Å². The van der Waals surface area contributed by atoms with E-state index in [1.807, 2.05) is 13.0 Å². The molecule has 0 spiro atoms. The molecule has 0 aliphatic rings. The van der Waals surface area contributed by atoms with Crippen molar-refractivity contribution in [1.29, 1.82) is 5.26 Å². The van der Waals surface area contributed by atoms with Gasteiger partial charge in [0.05, 0.1) is 28.6 Å². The van der Waals surface area contributed by atoms with E-state index in [9.17, 15) is 4.79 Å². The highest BCUT2D eigenvalue weighted by Crippen LogP contribution is 2.14. The summed E-state index contributed by atoms with van der Waals surface area (Å²) in [7, 11) is 0. The van der Waals surface area contributed by atoms with Gasteiger partial charge in [0.15, 0.2) is 0 Å². The number of carbonyl (C=O) groups excluding carboxylic acids is 1. The molecule has 20 heavy (non-hydrogen) atoms. The third-order valence-corrected chi connectivity index (χ3v) is 2.82. The first kappa shape index (κ1) is 13.7. The number of hydrogen-bond donors (Lipinski definition) is 1. The van der Waals surface area contributed by atoms with E-state index in [0.717, 1.165) is 0 Å². The number of nitrogens with one attached hydrogen (secondary N) is 1. The maximum atomic E-state index is 12.3. The summed E-state index contributed by atoms with van der Waals surface area (Å²) < 4.78 is 0. The molecule has 1 aromatic heterocycles. The van der Waals surface area contributed by atoms with Gasteiger partial charge < -0.3 is 5.32 Å². The van der Waals surface area contributed by atoms with Gasteiger partial charge in [0.2, 0.25) is 0 Å². The van der Waals surface area contributed by atoms with E-state index in [2.05, 4.69) is 15.5 Å².